The van der Waals surface area contributed by atoms with Crippen molar-refractivity contribution < 1.29 is 14.3 Å². The molecule has 0 fully saturated rings. The zero-order chi connectivity index (χ0) is 24.5. The van der Waals surface area contributed by atoms with Crippen LogP contribution in [-0.2, 0) is 4.79 Å². The molecule has 3 heterocycles. The molecule has 5 aromatic rings. The highest BCUT2D eigenvalue weighted by atomic mass is 32.2. The first-order chi connectivity index (χ1) is 17.7. The molecule has 1 amide bonds. The molecule has 0 bridgehead atoms. The van der Waals surface area contributed by atoms with Gasteiger partial charge in [-0.1, -0.05) is 42.1 Å². The molecular weight excluding hydrogens is 474 g/mol. The second kappa shape index (κ2) is 9.43. The summed E-state index contributed by atoms with van der Waals surface area (Å²) >= 11 is 1.34. The number of aryl methyl sites for hydroxylation is 1. The van der Waals surface area contributed by atoms with E-state index in [9.17, 15) is 4.79 Å². The van der Waals surface area contributed by atoms with Crippen molar-refractivity contribution in [2.24, 2.45) is 0 Å². The summed E-state index contributed by atoms with van der Waals surface area (Å²) in [5.41, 5.74) is 4.70. The molecule has 6 rings (SSSR count). The van der Waals surface area contributed by atoms with Gasteiger partial charge in [-0.2, -0.15) is 0 Å². The zero-order valence-corrected chi connectivity index (χ0v) is 20.3. The number of carbonyl (C=O) groups is 1. The van der Waals surface area contributed by atoms with Crippen LogP contribution in [0.5, 0.6) is 11.5 Å². The van der Waals surface area contributed by atoms with E-state index in [1.807, 2.05) is 54.1 Å². The molecule has 36 heavy (non-hydrogen) atoms. The third-order valence-corrected chi connectivity index (χ3v) is 6.81. The SMILES string of the molecule is Cc1cccc(-n2c(SCC(=O)Nc3ccc4c(c3)OCCO4)nnc2-c2c[nH]c3ccccc23)c1. The number of H-pyrrole nitrogens is 1. The third kappa shape index (κ3) is 4.29. The molecular formula is C27H23N5O3S. The molecule has 1 aliphatic heterocycles. The van der Waals surface area contributed by atoms with Crippen LogP contribution in [0.15, 0.2) is 78.1 Å². The lowest BCUT2D eigenvalue weighted by Gasteiger charge is -2.19. The molecule has 0 atom stereocenters. The van der Waals surface area contributed by atoms with Crippen molar-refractivity contribution in [2.45, 2.75) is 12.1 Å². The summed E-state index contributed by atoms with van der Waals surface area (Å²) in [5.74, 6) is 2.06. The average molecular weight is 498 g/mol. The summed E-state index contributed by atoms with van der Waals surface area (Å²) in [7, 11) is 0. The van der Waals surface area contributed by atoms with Crippen molar-refractivity contribution in [3.63, 3.8) is 0 Å². The Kier molecular flexibility index (Phi) is 5.82. The van der Waals surface area contributed by atoms with E-state index in [1.165, 1.54) is 11.8 Å². The van der Waals surface area contributed by atoms with Gasteiger partial charge in [0.1, 0.15) is 13.2 Å². The van der Waals surface area contributed by atoms with Gasteiger partial charge in [-0.25, -0.2) is 0 Å². The molecule has 0 saturated heterocycles. The molecule has 9 heteroatoms. The predicted octanol–water partition coefficient (Wildman–Crippen LogP) is 5.23. The second-order valence-corrected chi connectivity index (χ2v) is 9.37. The van der Waals surface area contributed by atoms with E-state index < -0.39 is 0 Å². The highest BCUT2D eigenvalue weighted by molar-refractivity contribution is 7.99. The Morgan fingerprint density at radius 2 is 1.89 bits per heavy atom. The number of amides is 1. The number of rotatable bonds is 6. The third-order valence-electron chi connectivity index (χ3n) is 5.88. The Labute approximate surface area is 211 Å². The minimum absolute atomic E-state index is 0.149. The summed E-state index contributed by atoms with van der Waals surface area (Å²) < 4.78 is 13.2. The fourth-order valence-electron chi connectivity index (χ4n) is 4.24. The minimum atomic E-state index is -0.149. The Morgan fingerprint density at radius 3 is 2.78 bits per heavy atom. The summed E-state index contributed by atoms with van der Waals surface area (Å²) in [4.78, 5) is 16.1. The fourth-order valence-corrected chi connectivity index (χ4v) is 4.99. The molecule has 8 nitrogen and oxygen atoms in total. The van der Waals surface area contributed by atoms with Crippen LogP contribution in [0.4, 0.5) is 5.69 Å². The van der Waals surface area contributed by atoms with Crippen LogP contribution in [0.2, 0.25) is 0 Å². The summed E-state index contributed by atoms with van der Waals surface area (Å²) in [6, 6.07) is 21.6. The van der Waals surface area contributed by atoms with Crippen molar-refractivity contribution in [1.82, 2.24) is 19.7 Å². The monoisotopic (exact) mass is 497 g/mol. The minimum Gasteiger partial charge on any atom is -0.486 e. The van der Waals surface area contributed by atoms with E-state index in [-0.39, 0.29) is 11.7 Å². The lowest BCUT2D eigenvalue weighted by Crippen LogP contribution is -2.17. The topological polar surface area (TPSA) is 94.1 Å². The molecule has 0 unspecified atom stereocenters. The second-order valence-electron chi connectivity index (χ2n) is 8.42. The number of aromatic amines is 1. The number of aromatic nitrogens is 4. The number of benzene rings is 3. The molecule has 2 N–H and O–H groups in total. The average Bonchev–Trinajstić information content (AvgIpc) is 3.51. The number of hydrogen-bond donors (Lipinski definition) is 2. The van der Waals surface area contributed by atoms with Crippen LogP contribution in [-0.4, -0.2) is 44.6 Å². The summed E-state index contributed by atoms with van der Waals surface area (Å²) in [6.45, 7) is 3.07. The van der Waals surface area contributed by atoms with Crippen LogP contribution in [0.1, 0.15) is 5.56 Å². The first-order valence-electron chi connectivity index (χ1n) is 11.6. The van der Waals surface area contributed by atoms with Gasteiger partial charge in [0.25, 0.3) is 0 Å². The van der Waals surface area contributed by atoms with Gasteiger partial charge in [-0.15, -0.1) is 10.2 Å². The van der Waals surface area contributed by atoms with Crippen LogP contribution in [0, 0.1) is 6.92 Å². The number of fused-ring (bicyclic) bond motifs is 2. The Hall–Kier alpha value is -4.24. The van der Waals surface area contributed by atoms with Gasteiger partial charge in [0.2, 0.25) is 5.91 Å². The number of hydrogen-bond acceptors (Lipinski definition) is 6. The van der Waals surface area contributed by atoms with E-state index in [4.69, 9.17) is 9.47 Å². The number of nitrogens with one attached hydrogen (secondary N) is 2. The van der Waals surface area contributed by atoms with E-state index in [2.05, 4.69) is 32.6 Å². The predicted molar refractivity (Wildman–Crippen MR) is 140 cm³/mol. The Morgan fingerprint density at radius 1 is 1.03 bits per heavy atom. The molecule has 0 spiro atoms. The molecule has 2 aromatic heterocycles. The van der Waals surface area contributed by atoms with Crippen LogP contribution >= 0.6 is 11.8 Å². The zero-order valence-electron chi connectivity index (χ0n) is 19.5. The molecule has 0 aliphatic carbocycles. The van der Waals surface area contributed by atoms with Gasteiger partial charge in [0.05, 0.1) is 5.75 Å². The number of nitrogens with zero attached hydrogens (tertiary/aromatic N) is 3. The van der Waals surface area contributed by atoms with Crippen molar-refractivity contribution in [3.05, 3.63) is 78.5 Å². The molecule has 180 valence electrons. The lowest BCUT2D eigenvalue weighted by molar-refractivity contribution is -0.113. The standard InChI is InChI=1S/C27H23N5O3S/c1-17-5-4-6-19(13-17)32-26(21-15-28-22-8-3-2-7-20(21)22)30-31-27(32)36-16-25(33)29-18-9-10-23-24(14-18)35-12-11-34-23/h2-10,13-15,28H,11-12,16H2,1H3,(H,29,33). The number of anilines is 1. The van der Waals surface area contributed by atoms with Gasteiger partial charge in [0, 0.05) is 40.1 Å². The maximum absolute atomic E-state index is 12.8. The number of para-hydroxylation sites is 1. The first kappa shape index (κ1) is 22.2. The largest absolute Gasteiger partial charge is 0.486 e. The fraction of sp³-hybridized carbons (Fsp3) is 0.148. The van der Waals surface area contributed by atoms with Crippen LogP contribution < -0.4 is 14.8 Å². The molecule has 1 aliphatic rings. The highest BCUT2D eigenvalue weighted by Gasteiger charge is 2.20. The van der Waals surface area contributed by atoms with E-state index >= 15 is 0 Å². The van der Waals surface area contributed by atoms with E-state index in [0.717, 1.165) is 27.7 Å². The smallest absolute Gasteiger partial charge is 0.234 e. The number of ether oxygens (including phenoxy) is 2. The van der Waals surface area contributed by atoms with Gasteiger partial charge in [-0.05, 0) is 42.8 Å². The van der Waals surface area contributed by atoms with Crippen LogP contribution in [0.3, 0.4) is 0 Å². The molecule has 0 saturated carbocycles. The van der Waals surface area contributed by atoms with Crippen molar-refractivity contribution in [3.8, 4) is 28.6 Å². The van der Waals surface area contributed by atoms with Gasteiger partial charge < -0.3 is 19.8 Å². The maximum atomic E-state index is 12.8. The maximum Gasteiger partial charge on any atom is 0.234 e. The number of carbonyl (C=O) groups excluding carboxylic acids is 1. The van der Waals surface area contributed by atoms with E-state index in [1.54, 1.807) is 18.2 Å². The van der Waals surface area contributed by atoms with E-state index in [0.29, 0.717) is 41.4 Å². The normalized spacial score (nSPS) is 12.6. The summed E-state index contributed by atoms with van der Waals surface area (Å²) in [6.07, 6.45) is 1.95. The highest BCUT2D eigenvalue weighted by Crippen LogP contribution is 2.34. The van der Waals surface area contributed by atoms with Gasteiger partial charge >= 0.3 is 0 Å². The van der Waals surface area contributed by atoms with Gasteiger partial charge in [-0.3, -0.25) is 9.36 Å². The quantitative estimate of drug-likeness (QED) is 0.312. The van der Waals surface area contributed by atoms with Crippen LogP contribution in [0.25, 0.3) is 28.0 Å². The molecule has 3 aromatic carbocycles. The first-order valence-corrected chi connectivity index (χ1v) is 12.6. The van der Waals surface area contributed by atoms with Gasteiger partial charge in [0.15, 0.2) is 22.5 Å². The Bertz CT molecular complexity index is 1570. The number of thioether (sulfide) groups is 1. The Balaban J connectivity index is 1.28. The van der Waals surface area contributed by atoms with Crippen molar-refractivity contribution in [1.29, 1.82) is 0 Å². The lowest BCUT2D eigenvalue weighted by atomic mass is 10.1. The van der Waals surface area contributed by atoms with Crippen molar-refractivity contribution in [2.75, 3.05) is 24.3 Å². The summed E-state index contributed by atoms with van der Waals surface area (Å²) in [5, 5.41) is 13.6. The van der Waals surface area contributed by atoms with Crippen molar-refractivity contribution >= 4 is 34.3 Å². The molecule has 0 radical (unpaired) electrons.